The second-order valence-electron chi connectivity index (χ2n) is 2.92. The van der Waals surface area contributed by atoms with E-state index in [-0.39, 0.29) is 12.2 Å². The van der Waals surface area contributed by atoms with Crippen LogP contribution in [0.2, 0.25) is 0 Å². The molecular formula is C10H9NO3. The van der Waals surface area contributed by atoms with Crippen molar-refractivity contribution in [2.24, 2.45) is 0 Å². The first-order valence-electron chi connectivity index (χ1n) is 3.99. The zero-order valence-electron chi connectivity index (χ0n) is 7.61. The van der Waals surface area contributed by atoms with E-state index < -0.39 is 5.97 Å². The van der Waals surface area contributed by atoms with Crippen molar-refractivity contribution < 1.29 is 15.0 Å². The van der Waals surface area contributed by atoms with Gasteiger partial charge in [0.1, 0.15) is 5.75 Å². The van der Waals surface area contributed by atoms with Crippen LogP contribution in [0.15, 0.2) is 12.1 Å². The number of carboxylic acid groups (broad SMARTS) is 1. The molecule has 1 aromatic rings. The molecule has 0 spiro atoms. The van der Waals surface area contributed by atoms with Crippen molar-refractivity contribution in [1.82, 2.24) is 0 Å². The van der Waals surface area contributed by atoms with E-state index in [4.69, 9.17) is 10.4 Å². The minimum Gasteiger partial charge on any atom is -0.508 e. The number of phenolic OH excluding ortho intramolecular Hbond substituents is 1. The summed E-state index contributed by atoms with van der Waals surface area (Å²) in [6, 6.07) is 4.70. The van der Waals surface area contributed by atoms with Crippen LogP contribution in [0.25, 0.3) is 0 Å². The lowest BCUT2D eigenvalue weighted by Gasteiger charge is -2.06. The summed E-state index contributed by atoms with van der Waals surface area (Å²) in [5, 5.41) is 26.7. The molecule has 0 atom stereocenters. The molecule has 0 aromatic heterocycles. The van der Waals surface area contributed by atoms with Crippen LogP contribution in [0.5, 0.6) is 5.75 Å². The fourth-order valence-corrected chi connectivity index (χ4v) is 1.23. The highest BCUT2D eigenvalue weighted by molar-refractivity contribution is 5.72. The van der Waals surface area contributed by atoms with Crippen LogP contribution in [0.3, 0.4) is 0 Å². The van der Waals surface area contributed by atoms with Gasteiger partial charge in [0.15, 0.2) is 0 Å². The molecule has 14 heavy (non-hydrogen) atoms. The second-order valence-corrected chi connectivity index (χ2v) is 2.92. The minimum atomic E-state index is -1.02. The van der Waals surface area contributed by atoms with E-state index >= 15 is 0 Å². The van der Waals surface area contributed by atoms with E-state index in [9.17, 15) is 9.90 Å². The zero-order chi connectivity index (χ0) is 10.7. The average molecular weight is 191 g/mol. The molecule has 0 aliphatic carbocycles. The van der Waals surface area contributed by atoms with E-state index in [1.807, 2.05) is 6.07 Å². The van der Waals surface area contributed by atoms with Crippen molar-refractivity contribution in [2.75, 3.05) is 0 Å². The number of carboxylic acids is 1. The lowest BCUT2D eigenvalue weighted by atomic mass is 9.99. The molecule has 72 valence electrons. The van der Waals surface area contributed by atoms with Crippen molar-refractivity contribution in [3.05, 3.63) is 28.8 Å². The summed E-state index contributed by atoms with van der Waals surface area (Å²) in [5.74, 6) is -1.00. The lowest BCUT2D eigenvalue weighted by Crippen LogP contribution is -2.04. The maximum Gasteiger partial charge on any atom is 0.307 e. The van der Waals surface area contributed by atoms with Crippen LogP contribution in [0.4, 0.5) is 0 Å². The van der Waals surface area contributed by atoms with E-state index in [1.54, 1.807) is 6.92 Å². The Kier molecular flexibility index (Phi) is 2.73. The predicted molar refractivity (Wildman–Crippen MR) is 48.9 cm³/mol. The summed E-state index contributed by atoms with van der Waals surface area (Å²) < 4.78 is 0. The average Bonchev–Trinajstić information content (AvgIpc) is 2.13. The number of aliphatic carboxylic acids is 1. The molecule has 1 aromatic carbocycles. The summed E-state index contributed by atoms with van der Waals surface area (Å²) >= 11 is 0. The number of benzene rings is 1. The van der Waals surface area contributed by atoms with Gasteiger partial charge in [-0.1, -0.05) is 0 Å². The normalized spacial score (nSPS) is 9.43. The Hall–Kier alpha value is -2.02. The van der Waals surface area contributed by atoms with Crippen molar-refractivity contribution in [1.29, 1.82) is 5.26 Å². The monoisotopic (exact) mass is 191 g/mol. The van der Waals surface area contributed by atoms with Gasteiger partial charge in [0, 0.05) is 0 Å². The Morgan fingerprint density at radius 2 is 2.21 bits per heavy atom. The molecule has 4 nitrogen and oxygen atoms in total. The number of nitrogens with zero attached hydrogens (tertiary/aromatic N) is 1. The largest absolute Gasteiger partial charge is 0.508 e. The van der Waals surface area contributed by atoms with Crippen molar-refractivity contribution in [3.8, 4) is 11.8 Å². The van der Waals surface area contributed by atoms with Gasteiger partial charge in [0.2, 0.25) is 0 Å². The van der Waals surface area contributed by atoms with E-state index in [1.165, 1.54) is 12.1 Å². The SMILES string of the molecule is Cc1c(O)ccc(C#N)c1CC(=O)O. The van der Waals surface area contributed by atoms with Crippen LogP contribution in [0, 0.1) is 18.3 Å². The Morgan fingerprint density at radius 3 is 2.71 bits per heavy atom. The third-order valence-electron chi connectivity index (χ3n) is 2.02. The Balaban J connectivity index is 3.29. The Bertz CT molecular complexity index is 418. The van der Waals surface area contributed by atoms with Crippen LogP contribution < -0.4 is 0 Å². The summed E-state index contributed by atoms with van der Waals surface area (Å²) in [6.45, 7) is 1.59. The number of rotatable bonds is 2. The Morgan fingerprint density at radius 1 is 1.57 bits per heavy atom. The minimum absolute atomic E-state index is 0.0141. The van der Waals surface area contributed by atoms with Crippen LogP contribution in [-0.2, 0) is 11.2 Å². The smallest absolute Gasteiger partial charge is 0.307 e. The topological polar surface area (TPSA) is 81.3 Å². The number of phenols is 1. The van der Waals surface area contributed by atoms with E-state index in [0.29, 0.717) is 16.7 Å². The molecule has 0 fully saturated rings. The first-order valence-corrected chi connectivity index (χ1v) is 3.99. The number of hydrogen-bond donors (Lipinski definition) is 2. The maximum absolute atomic E-state index is 10.5. The molecule has 2 N–H and O–H groups in total. The third-order valence-corrected chi connectivity index (χ3v) is 2.02. The van der Waals surface area contributed by atoms with Gasteiger partial charge in [-0.15, -0.1) is 0 Å². The Labute approximate surface area is 81.0 Å². The van der Waals surface area contributed by atoms with Crippen LogP contribution in [-0.4, -0.2) is 16.2 Å². The summed E-state index contributed by atoms with van der Waals surface area (Å²) in [5.41, 5.74) is 1.12. The summed E-state index contributed by atoms with van der Waals surface area (Å²) in [4.78, 5) is 10.5. The molecule has 1 rings (SSSR count). The second kappa shape index (κ2) is 3.79. The van der Waals surface area contributed by atoms with Gasteiger partial charge >= 0.3 is 5.97 Å². The highest BCUT2D eigenvalue weighted by Crippen LogP contribution is 2.23. The number of carbonyl (C=O) groups is 1. The highest BCUT2D eigenvalue weighted by Gasteiger charge is 2.12. The molecule has 0 aliphatic rings. The van der Waals surface area contributed by atoms with Crippen molar-refractivity contribution >= 4 is 5.97 Å². The molecule has 0 unspecified atom stereocenters. The van der Waals surface area contributed by atoms with E-state index in [2.05, 4.69) is 0 Å². The number of hydrogen-bond acceptors (Lipinski definition) is 3. The molecule has 0 heterocycles. The molecule has 0 bridgehead atoms. The van der Waals surface area contributed by atoms with Crippen LogP contribution in [0.1, 0.15) is 16.7 Å². The van der Waals surface area contributed by atoms with E-state index in [0.717, 1.165) is 0 Å². The first kappa shape index (κ1) is 10.1. The fourth-order valence-electron chi connectivity index (χ4n) is 1.23. The first-order chi connectivity index (χ1) is 6.56. The molecule has 0 aliphatic heterocycles. The van der Waals surface area contributed by atoms with Crippen LogP contribution >= 0.6 is 0 Å². The molecule has 0 radical (unpaired) electrons. The quantitative estimate of drug-likeness (QED) is 0.735. The maximum atomic E-state index is 10.5. The van der Waals surface area contributed by atoms with Gasteiger partial charge < -0.3 is 10.2 Å². The van der Waals surface area contributed by atoms with Gasteiger partial charge in [0.25, 0.3) is 0 Å². The third kappa shape index (κ3) is 1.83. The lowest BCUT2D eigenvalue weighted by molar-refractivity contribution is -0.136. The summed E-state index contributed by atoms with van der Waals surface area (Å²) in [6.07, 6.45) is -0.247. The fraction of sp³-hybridized carbons (Fsp3) is 0.200. The van der Waals surface area contributed by atoms with Gasteiger partial charge in [0.05, 0.1) is 18.1 Å². The van der Waals surface area contributed by atoms with Gasteiger partial charge in [-0.25, -0.2) is 0 Å². The van der Waals surface area contributed by atoms with Crippen molar-refractivity contribution in [2.45, 2.75) is 13.3 Å². The van der Waals surface area contributed by atoms with Crippen molar-refractivity contribution in [3.63, 3.8) is 0 Å². The molecule has 0 saturated carbocycles. The van der Waals surface area contributed by atoms with Gasteiger partial charge in [-0.05, 0) is 30.2 Å². The molecular weight excluding hydrogens is 182 g/mol. The predicted octanol–water partition coefficient (Wildman–Crippen LogP) is 1.20. The molecule has 0 saturated heterocycles. The van der Waals surface area contributed by atoms with Gasteiger partial charge in [-0.2, -0.15) is 5.26 Å². The number of nitriles is 1. The molecule has 0 amide bonds. The zero-order valence-corrected chi connectivity index (χ0v) is 7.61. The standard InChI is InChI=1S/C10H9NO3/c1-6-8(4-10(13)14)7(5-11)2-3-9(6)12/h2-3,12H,4H2,1H3,(H,13,14). The highest BCUT2D eigenvalue weighted by atomic mass is 16.4. The number of aromatic hydroxyl groups is 1. The summed E-state index contributed by atoms with van der Waals surface area (Å²) in [7, 11) is 0. The molecule has 4 heteroatoms. The van der Waals surface area contributed by atoms with Gasteiger partial charge in [-0.3, -0.25) is 4.79 Å².